The van der Waals surface area contributed by atoms with Crippen LogP contribution >= 0.6 is 15.9 Å². The number of hydrogen-bond donors (Lipinski definition) is 1. The number of aryl methyl sites for hydroxylation is 1. The van der Waals surface area contributed by atoms with Crippen LogP contribution in [0.2, 0.25) is 0 Å². The van der Waals surface area contributed by atoms with Gasteiger partial charge in [-0.3, -0.25) is 4.79 Å². The van der Waals surface area contributed by atoms with Crippen LogP contribution in [0.1, 0.15) is 30.5 Å². The molecule has 0 aromatic heterocycles. The van der Waals surface area contributed by atoms with E-state index in [1.807, 2.05) is 69.3 Å². The first-order valence-electron chi connectivity index (χ1n) is 8.29. The molecule has 0 unspecified atom stereocenters. The molecule has 0 aliphatic heterocycles. The lowest BCUT2D eigenvalue weighted by molar-refractivity contribution is -0.117. The summed E-state index contributed by atoms with van der Waals surface area (Å²) >= 11 is 3.42. The van der Waals surface area contributed by atoms with Crippen LogP contribution in [0.15, 0.2) is 52.5 Å². The van der Waals surface area contributed by atoms with Gasteiger partial charge in [-0.2, -0.15) is 5.26 Å². The van der Waals surface area contributed by atoms with Crippen molar-refractivity contribution in [2.45, 2.75) is 33.4 Å². The van der Waals surface area contributed by atoms with E-state index < -0.39 is 5.91 Å². The Hall–Kier alpha value is -2.58. The van der Waals surface area contributed by atoms with E-state index in [-0.39, 0.29) is 11.6 Å². The Bertz CT molecular complexity index is 849. The number of nitrogens with zero attached hydrogens (tertiary/aromatic N) is 1. The summed E-state index contributed by atoms with van der Waals surface area (Å²) in [5, 5.41) is 12.1. The number of hydrogen-bond acceptors (Lipinski definition) is 3. The van der Waals surface area contributed by atoms with E-state index in [0.29, 0.717) is 17.9 Å². The molecule has 0 atom stereocenters. The van der Waals surface area contributed by atoms with Crippen molar-refractivity contribution in [2.24, 2.45) is 0 Å². The van der Waals surface area contributed by atoms with Crippen molar-refractivity contribution >= 4 is 27.9 Å². The first-order valence-corrected chi connectivity index (χ1v) is 9.09. The second-order valence-electron chi connectivity index (χ2n) is 6.25. The molecule has 26 heavy (non-hydrogen) atoms. The van der Waals surface area contributed by atoms with Gasteiger partial charge in [-0.15, -0.1) is 0 Å². The lowest BCUT2D eigenvalue weighted by Gasteiger charge is -2.11. The molecule has 1 amide bonds. The zero-order valence-electron chi connectivity index (χ0n) is 15.0. The molecule has 5 heteroatoms. The Labute approximate surface area is 162 Å². The van der Waals surface area contributed by atoms with Crippen molar-refractivity contribution in [3.8, 4) is 11.8 Å². The third kappa shape index (κ3) is 5.75. The molecule has 0 spiro atoms. The van der Waals surface area contributed by atoms with E-state index >= 15 is 0 Å². The Morgan fingerprint density at radius 3 is 2.58 bits per heavy atom. The molecule has 0 saturated heterocycles. The zero-order valence-corrected chi connectivity index (χ0v) is 16.6. The van der Waals surface area contributed by atoms with Crippen molar-refractivity contribution in [2.75, 3.05) is 0 Å². The Kier molecular flexibility index (Phi) is 6.99. The number of benzene rings is 2. The fourth-order valence-electron chi connectivity index (χ4n) is 2.25. The summed E-state index contributed by atoms with van der Waals surface area (Å²) in [5.74, 6) is 0.214. The molecule has 0 bridgehead atoms. The highest BCUT2D eigenvalue weighted by Crippen LogP contribution is 2.26. The summed E-state index contributed by atoms with van der Waals surface area (Å²) in [5.41, 5.74) is 2.95. The van der Waals surface area contributed by atoms with Crippen LogP contribution in [-0.4, -0.2) is 11.9 Å². The van der Waals surface area contributed by atoms with Gasteiger partial charge in [0.25, 0.3) is 5.91 Å². The predicted octanol–water partition coefficient (Wildman–Crippen LogP) is 4.77. The largest absolute Gasteiger partial charge is 0.488 e. The normalized spacial score (nSPS) is 11.2. The van der Waals surface area contributed by atoms with Crippen molar-refractivity contribution in [3.05, 3.63) is 69.2 Å². The number of nitriles is 1. The fourth-order valence-corrected chi connectivity index (χ4v) is 2.63. The van der Waals surface area contributed by atoms with E-state index in [0.717, 1.165) is 10.0 Å². The summed E-state index contributed by atoms with van der Waals surface area (Å²) in [6.07, 6.45) is 1.55. The van der Waals surface area contributed by atoms with Crippen molar-refractivity contribution in [1.82, 2.24) is 5.32 Å². The maximum absolute atomic E-state index is 12.1. The smallest absolute Gasteiger partial charge is 0.262 e. The van der Waals surface area contributed by atoms with Gasteiger partial charge in [0.05, 0.1) is 0 Å². The molecule has 0 heterocycles. The van der Waals surface area contributed by atoms with Gasteiger partial charge >= 0.3 is 0 Å². The Morgan fingerprint density at radius 2 is 1.96 bits per heavy atom. The highest BCUT2D eigenvalue weighted by atomic mass is 79.9. The molecule has 0 fully saturated rings. The van der Waals surface area contributed by atoms with Gasteiger partial charge < -0.3 is 10.1 Å². The summed E-state index contributed by atoms with van der Waals surface area (Å²) in [7, 11) is 0. The van der Waals surface area contributed by atoms with Crippen molar-refractivity contribution in [1.29, 1.82) is 5.26 Å². The molecule has 134 valence electrons. The van der Waals surface area contributed by atoms with E-state index in [2.05, 4.69) is 21.2 Å². The van der Waals surface area contributed by atoms with Crippen LogP contribution < -0.4 is 10.1 Å². The van der Waals surface area contributed by atoms with Crippen molar-refractivity contribution < 1.29 is 9.53 Å². The molecule has 2 rings (SSSR count). The number of carbonyl (C=O) groups excluding carboxylic acids is 1. The third-order valence-corrected chi connectivity index (χ3v) is 4.06. The van der Waals surface area contributed by atoms with Gasteiger partial charge in [0.15, 0.2) is 0 Å². The number of carbonyl (C=O) groups is 1. The summed E-state index contributed by atoms with van der Waals surface area (Å²) in [4.78, 5) is 12.1. The SMILES string of the molecule is Cc1ccc(COc2ccc(Br)cc2/C=C(/C#N)C(=O)NC(C)C)cc1. The van der Waals surface area contributed by atoms with E-state index in [1.165, 1.54) is 5.56 Å². The number of halogens is 1. The van der Waals surface area contributed by atoms with Gasteiger partial charge in [-0.1, -0.05) is 45.8 Å². The number of rotatable bonds is 6. The molecule has 0 aliphatic carbocycles. The molecule has 4 nitrogen and oxygen atoms in total. The minimum absolute atomic E-state index is 0.0389. The lowest BCUT2D eigenvalue weighted by atomic mass is 10.1. The van der Waals surface area contributed by atoms with E-state index in [1.54, 1.807) is 6.08 Å². The molecule has 2 aromatic carbocycles. The van der Waals surface area contributed by atoms with Gasteiger partial charge in [0.1, 0.15) is 24.0 Å². The highest BCUT2D eigenvalue weighted by Gasteiger charge is 2.12. The Balaban J connectivity index is 2.26. The average molecular weight is 413 g/mol. The number of ether oxygens (including phenoxy) is 1. The number of nitrogens with one attached hydrogen (secondary N) is 1. The standard InChI is InChI=1S/C21H21BrN2O2/c1-14(2)24-21(25)18(12-23)10-17-11-19(22)8-9-20(17)26-13-16-6-4-15(3)5-7-16/h4-11,14H,13H2,1-3H3,(H,24,25)/b18-10-. The van der Waals surface area contributed by atoms with E-state index in [9.17, 15) is 10.1 Å². The van der Waals surface area contributed by atoms with Crippen LogP contribution in [0.3, 0.4) is 0 Å². The molecule has 0 aliphatic rings. The summed E-state index contributed by atoms with van der Waals surface area (Å²) in [6.45, 7) is 6.14. The Morgan fingerprint density at radius 1 is 1.27 bits per heavy atom. The third-order valence-electron chi connectivity index (χ3n) is 3.57. The molecule has 1 N–H and O–H groups in total. The van der Waals surface area contributed by atoms with Gasteiger partial charge in [0, 0.05) is 16.1 Å². The molecular weight excluding hydrogens is 392 g/mol. The molecule has 2 aromatic rings. The highest BCUT2D eigenvalue weighted by molar-refractivity contribution is 9.10. The van der Waals surface area contributed by atoms with Crippen LogP contribution in [0.4, 0.5) is 0 Å². The van der Waals surface area contributed by atoms with Gasteiger partial charge in [-0.05, 0) is 50.6 Å². The maximum atomic E-state index is 12.1. The fraction of sp³-hybridized carbons (Fsp3) is 0.238. The average Bonchev–Trinajstić information content (AvgIpc) is 2.59. The predicted molar refractivity (Wildman–Crippen MR) is 107 cm³/mol. The van der Waals surface area contributed by atoms with Crippen LogP contribution in [-0.2, 0) is 11.4 Å². The quantitative estimate of drug-likeness (QED) is 0.548. The zero-order chi connectivity index (χ0) is 19.1. The van der Waals surface area contributed by atoms with Crippen LogP contribution in [0, 0.1) is 18.3 Å². The first kappa shape index (κ1) is 19.7. The minimum atomic E-state index is -0.396. The lowest BCUT2D eigenvalue weighted by Crippen LogP contribution is -2.30. The van der Waals surface area contributed by atoms with Gasteiger partial charge in [0.2, 0.25) is 0 Å². The topological polar surface area (TPSA) is 62.1 Å². The molecule has 0 radical (unpaired) electrons. The molecular formula is C21H21BrN2O2. The van der Waals surface area contributed by atoms with E-state index in [4.69, 9.17) is 4.74 Å². The second-order valence-corrected chi connectivity index (χ2v) is 7.17. The molecule has 0 saturated carbocycles. The maximum Gasteiger partial charge on any atom is 0.262 e. The monoisotopic (exact) mass is 412 g/mol. The van der Waals surface area contributed by atoms with Crippen LogP contribution in [0.5, 0.6) is 5.75 Å². The van der Waals surface area contributed by atoms with Crippen molar-refractivity contribution in [3.63, 3.8) is 0 Å². The van der Waals surface area contributed by atoms with Crippen LogP contribution in [0.25, 0.3) is 6.08 Å². The summed E-state index contributed by atoms with van der Waals surface area (Å²) in [6, 6.07) is 15.5. The number of amides is 1. The minimum Gasteiger partial charge on any atom is -0.488 e. The summed E-state index contributed by atoms with van der Waals surface area (Å²) < 4.78 is 6.76. The first-order chi connectivity index (χ1) is 12.4. The second kappa shape index (κ2) is 9.21. The van der Waals surface area contributed by atoms with Gasteiger partial charge in [-0.25, -0.2) is 0 Å².